The molecule has 0 atom stereocenters. The summed E-state index contributed by atoms with van der Waals surface area (Å²) < 4.78 is 0.928. The van der Waals surface area contributed by atoms with Crippen LogP contribution in [0.1, 0.15) is 18.9 Å². The Labute approximate surface area is 115 Å². The van der Waals surface area contributed by atoms with Crippen LogP contribution in [0.5, 0.6) is 0 Å². The van der Waals surface area contributed by atoms with E-state index in [0.29, 0.717) is 18.0 Å². The molecule has 0 aliphatic carbocycles. The molecule has 0 aliphatic rings. The fourth-order valence-corrected chi connectivity index (χ4v) is 2.20. The van der Waals surface area contributed by atoms with Gasteiger partial charge in [0, 0.05) is 16.0 Å². The van der Waals surface area contributed by atoms with Crippen molar-refractivity contribution in [2.24, 2.45) is 0 Å². The molecule has 0 saturated carbocycles. The summed E-state index contributed by atoms with van der Waals surface area (Å²) in [6, 6.07) is 5.65. The Bertz CT molecular complexity index is 361. The van der Waals surface area contributed by atoms with Gasteiger partial charge in [0.05, 0.1) is 18.8 Å². The monoisotopic (exact) mass is 321 g/mol. The van der Waals surface area contributed by atoms with E-state index >= 15 is 0 Å². The highest BCUT2D eigenvalue weighted by Gasteiger charge is 2.25. The second-order valence-corrected chi connectivity index (χ2v) is 5.36. The van der Waals surface area contributed by atoms with Crippen LogP contribution < -0.4 is 5.32 Å². The minimum atomic E-state index is -0.642. The Kier molecular flexibility index (Phi) is 5.89. The van der Waals surface area contributed by atoms with Gasteiger partial charge in [-0.2, -0.15) is 0 Å². The molecule has 0 amide bonds. The molecule has 0 radical (unpaired) electrons. The van der Waals surface area contributed by atoms with Crippen LogP contribution in [0.2, 0.25) is 5.02 Å². The molecule has 1 aromatic carbocycles. The van der Waals surface area contributed by atoms with Crippen molar-refractivity contribution in [3.63, 3.8) is 0 Å². The lowest BCUT2D eigenvalue weighted by molar-refractivity contribution is 0.0864. The van der Waals surface area contributed by atoms with Crippen molar-refractivity contribution < 1.29 is 10.2 Å². The lowest BCUT2D eigenvalue weighted by Gasteiger charge is -2.30. The highest BCUT2D eigenvalue weighted by atomic mass is 79.9. The molecule has 1 aromatic rings. The molecule has 0 fully saturated rings. The van der Waals surface area contributed by atoms with Gasteiger partial charge in [0.2, 0.25) is 0 Å². The molecule has 0 aromatic heterocycles. The molecule has 0 bridgehead atoms. The Morgan fingerprint density at radius 3 is 2.47 bits per heavy atom. The summed E-state index contributed by atoms with van der Waals surface area (Å²) >= 11 is 9.44. The Morgan fingerprint density at radius 1 is 1.35 bits per heavy atom. The van der Waals surface area contributed by atoms with Crippen molar-refractivity contribution in [3.05, 3.63) is 33.3 Å². The standard InChI is InChI=1S/C12H17BrClNO2/c1-2-12(7-16,8-17)15-6-9-3-4-10(13)5-11(9)14/h3-5,15-17H,2,6-8H2,1H3. The molecule has 96 valence electrons. The van der Waals surface area contributed by atoms with Crippen molar-refractivity contribution in [2.45, 2.75) is 25.4 Å². The first kappa shape index (κ1) is 14.9. The van der Waals surface area contributed by atoms with Crippen LogP contribution >= 0.6 is 27.5 Å². The van der Waals surface area contributed by atoms with Crippen molar-refractivity contribution >= 4 is 27.5 Å². The second kappa shape index (κ2) is 6.71. The minimum absolute atomic E-state index is 0.103. The lowest BCUT2D eigenvalue weighted by Crippen LogP contribution is -2.50. The third kappa shape index (κ3) is 3.93. The quantitative estimate of drug-likeness (QED) is 0.753. The number of halogens is 2. The smallest absolute Gasteiger partial charge is 0.0648 e. The highest BCUT2D eigenvalue weighted by Crippen LogP contribution is 2.22. The number of rotatable bonds is 6. The van der Waals surface area contributed by atoms with Crippen LogP contribution in [0.4, 0.5) is 0 Å². The van der Waals surface area contributed by atoms with E-state index in [1.54, 1.807) is 0 Å². The third-order valence-corrected chi connectivity index (χ3v) is 3.80. The maximum absolute atomic E-state index is 9.30. The number of aliphatic hydroxyl groups excluding tert-OH is 2. The van der Waals surface area contributed by atoms with E-state index in [0.717, 1.165) is 10.0 Å². The summed E-state index contributed by atoms with van der Waals surface area (Å²) in [7, 11) is 0. The highest BCUT2D eigenvalue weighted by molar-refractivity contribution is 9.10. The van der Waals surface area contributed by atoms with Crippen LogP contribution in [0.3, 0.4) is 0 Å². The van der Waals surface area contributed by atoms with E-state index in [1.807, 2.05) is 25.1 Å². The van der Waals surface area contributed by atoms with Gasteiger partial charge in [-0.25, -0.2) is 0 Å². The SMILES string of the molecule is CCC(CO)(CO)NCc1ccc(Br)cc1Cl. The predicted molar refractivity (Wildman–Crippen MR) is 73.2 cm³/mol. The summed E-state index contributed by atoms with van der Waals surface area (Å²) in [4.78, 5) is 0. The van der Waals surface area contributed by atoms with Crippen LogP contribution in [0.15, 0.2) is 22.7 Å². The zero-order valence-electron chi connectivity index (χ0n) is 9.71. The first-order valence-corrected chi connectivity index (χ1v) is 6.64. The zero-order valence-corrected chi connectivity index (χ0v) is 12.1. The normalized spacial score (nSPS) is 11.8. The van der Waals surface area contributed by atoms with E-state index < -0.39 is 5.54 Å². The van der Waals surface area contributed by atoms with E-state index in [9.17, 15) is 10.2 Å². The van der Waals surface area contributed by atoms with Gasteiger partial charge in [0.15, 0.2) is 0 Å². The molecule has 0 heterocycles. The first-order chi connectivity index (χ1) is 8.06. The van der Waals surface area contributed by atoms with Crippen LogP contribution in [0, 0.1) is 0 Å². The average Bonchev–Trinajstić information content (AvgIpc) is 2.33. The molecule has 1 rings (SSSR count). The van der Waals surface area contributed by atoms with Crippen LogP contribution in [0.25, 0.3) is 0 Å². The third-order valence-electron chi connectivity index (χ3n) is 2.95. The molecular weight excluding hydrogens is 305 g/mol. The molecule has 0 unspecified atom stereocenters. The molecule has 5 heteroatoms. The second-order valence-electron chi connectivity index (χ2n) is 4.04. The van der Waals surface area contributed by atoms with Crippen molar-refractivity contribution in [1.82, 2.24) is 5.32 Å². The zero-order chi connectivity index (χ0) is 12.9. The van der Waals surface area contributed by atoms with Crippen molar-refractivity contribution in [1.29, 1.82) is 0 Å². The van der Waals surface area contributed by atoms with Gasteiger partial charge in [-0.3, -0.25) is 0 Å². The lowest BCUT2D eigenvalue weighted by atomic mass is 9.98. The van der Waals surface area contributed by atoms with Crippen LogP contribution in [-0.2, 0) is 6.54 Å². The number of hydrogen-bond acceptors (Lipinski definition) is 3. The molecule has 17 heavy (non-hydrogen) atoms. The van der Waals surface area contributed by atoms with Crippen molar-refractivity contribution in [2.75, 3.05) is 13.2 Å². The predicted octanol–water partition coefficient (Wildman–Crippen LogP) is 2.33. The maximum atomic E-state index is 9.30. The van der Waals surface area contributed by atoms with Gasteiger partial charge in [0.1, 0.15) is 0 Å². The van der Waals surface area contributed by atoms with Crippen LogP contribution in [-0.4, -0.2) is 29.0 Å². The summed E-state index contributed by atoms with van der Waals surface area (Å²) in [5.74, 6) is 0. The average molecular weight is 323 g/mol. The van der Waals surface area contributed by atoms with Gasteiger partial charge in [-0.15, -0.1) is 0 Å². The summed E-state index contributed by atoms with van der Waals surface area (Å²) in [5, 5.41) is 22.4. The molecule has 0 spiro atoms. The van der Waals surface area contributed by atoms with Gasteiger partial charge < -0.3 is 15.5 Å². The van der Waals surface area contributed by atoms with E-state index in [-0.39, 0.29) is 13.2 Å². The topological polar surface area (TPSA) is 52.5 Å². The molecule has 0 aliphatic heterocycles. The number of hydrogen-bond donors (Lipinski definition) is 3. The van der Waals surface area contributed by atoms with Gasteiger partial charge >= 0.3 is 0 Å². The molecule has 3 N–H and O–H groups in total. The largest absolute Gasteiger partial charge is 0.394 e. The summed E-state index contributed by atoms with van der Waals surface area (Å²) in [6.07, 6.45) is 0.647. The van der Waals surface area contributed by atoms with Crippen molar-refractivity contribution in [3.8, 4) is 0 Å². The Morgan fingerprint density at radius 2 is 2.00 bits per heavy atom. The number of benzene rings is 1. The fourth-order valence-electron chi connectivity index (χ4n) is 1.46. The fraction of sp³-hybridized carbons (Fsp3) is 0.500. The molecular formula is C12H17BrClNO2. The Hall–Kier alpha value is -0.130. The number of aliphatic hydroxyl groups is 2. The molecule has 0 saturated heterocycles. The molecule has 3 nitrogen and oxygen atoms in total. The Balaban J connectivity index is 2.72. The summed E-state index contributed by atoms with van der Waals surface area (Å²) in [6.45, 7) is 2.23. The van der Waals surface area contributed by atoms with Gasteiger partial charge in [0.25, 0.3) is 0 Å². The number of nitrogens with one attached hydrogen (secondary N) is 1. The minimum Gasteiger partial charge on any atom is -0.394 e. The first-order valence-electron chi connectivity index (χ1n) is 5.47. The van der Waals surface area contributed by atoms with E-state index in [1.165, 1.54) is 0 Å². The van der Waals surface area contributed by atoms with E-state index in [2.05, 4.69) is 21.2 Å². The van der Waals surface area contributed by atoms with Gasteiger partial charge in [-0.1, -0.05) is 40.5 Å². The maximum Gasteiger partial charge on any atom is 0.0648 e. The van der Waals surface area contributed by atoms with Gasteiger partial charge in [-0.05, 0) is 24.1 Å². The van der Waals surface area contributed by atoms with E-state index in [4.69, 9.17) is 11.6 Å². The summed E-state index contributed by atoms with van der Waals surface area (Å²) in [5.41, 5.74) is 0.297.